The number of halogens is 2. The minimum absolute atomic E-state index is 0.481. The van der Waals surface area contributed by atoms with E-state index in [-0.39, 0.29) is 0 Å². The van der Waals surface area contributed by atoms with Crippen molar-refractivity contribution in [3.05, 3.63) is 24.8 Å². The van der Waals surface area contributed by atoms with Crippen molar-refractivity contribution in [3.8, 4) is 11.8 Å². The number of nitrogens with zero attached hydrogens (tertiary/aromatic N) is 1. The lowest BCUT2D eigenvalue weighted by molar-refractivity contribution is 0.202. The van der Waals surface area contributed by atoms with Crippen LogP contribution in [-0.4, -0.2) is 13.1 Å². The predicted molar refractivity (Wildman–Crippen MR) is 71.7 cm³/mol. The summed E-state index contributed by atoms with van der Waals surface area (Å²) in [4.78, 5) is 11.0. The van der Waals surface area contributed by atoms with E-state index < -0.39 is 6.09 Å². The van der Waals surface area contributed by atoms with Crippen molar-refractivity contribution in [1.29, 1.82) is 5.26 Å². The molecule has 0 heterocycles. The summed E-state index contributed by atoms with van der Waals surface area (Å²) in [6.45, 7) is 0. The highest BCUT2D eigenvalue weighted by molar-refractivity contribution is 14.1. The second-order valence-corrected chi connectivity index (χ2v) is 4.84. The van der Waals surface area contributed by atoms with Crippen LogP contribution in [0, 0.1) is 18.5 Å². The van der Waals surface area contributed by atoms with Crippen LogP contribution in [0.4, 0.5) is 4.79 Å². The van der Waals surface area contributed by atoms with Crippen molar-refractivity contribution >= 4 is 51.3 Å². The summed E-state index contributed by atoms with van der Waals surface area (Å²) >= 11 is 4.05. The van der Waals surface area contributed by atoms with Crippen LogP contribution in [0.5, 0.6) is 5.75 Å². The van der Waals surface area contributed by atoms with Crippen molar-refractivity contribution in [3.63, 3.8) is 0 Å². The first kappa shape index (κ1) is 12.5. The molecule has 0 spiro atoms. The largest absolute Gasteiger partial charge is 0.412 e. The van der Waals surface area contributed by atoms with Crippen LogP contribution in [-0.2, 0) is 0 Å². The van der Waals surface area contributed by atoms with Crippen molar-refractivity contribution in [2.45, 2.75) is 0 Å². The van der Waals surface area contributed by atoms with E-state index in [2.05, 4.69) is 5.32 Å². The molecular formula is C9H6I2N2O2. The standard InChI is InChI=1S/C9H6I2N2O2/c1-13-9(14)15-8-6(10)2-5(4-12)3-7(8)11/h2-3H,1H3,(H,13,14). The van der Waals surface area contributed by atoms with E-state index in [1.807, 2.05) is 51.3 Å². The Morgan fingerprint density at radius 3 is 2.40 bits per heavy atom. The second-order valence-electron chi connectivity index (χ2n) is 2.52. The molecule has 78 valence electrons. The Hall–Kier alpha value is -0.560. The van der Waals surface area contributed by atoms with Gasteiger partial charge < -0.3 is 10.1 Å². The highest BCUT2D eigenvalue weighted by Crippen LogP contribution is 2.28. The molecule has 1 rings (SSSR count). The quantitative estimate of drug-likeness (QED) is 0.700. The third-order valence-electron chi connectivity index (χ3n) is 1.53. The topological polar surface area (TPSA) is 62.1 Å². The Kier molecular flexibility index (Phi) is 4.59. The molecular weight excluding hydrogens is 422 g/mol. The maximum Gasteiger partial charge on any atom is 0.412 e. The van der Waals surface area contributed by atoms with Gasteiger partial charge in [0.05, 0.1) is 18.8 Å². The molecule has 0 fully saturated rings. The van der Waals surface area contributed by atoms with Gasteiger partial charge in [0, 0.05) is 7.05 Å². The lowest BCUT2D eigenvalue weighted by atomic mass is 10.2. The number of benzene rings is 1. The normalized spacial score (nSPS) is 9.20. The van der Waals surface area contributed by atoms with Crippen molar-refractivity contribution in [2.75, 3.05) is 7.05 Å². The molecule has 0 saturated carbocycles. The molecule has 0 bridgehead atoms. The third kappa shape index (κ3) is 3.20. The third-order valence-corrected chi connectivity index (χ3v) is 3.13. The number of amides is 1. The van der Waals surface area contributed by atoms with E-state index >= 15 is 0 Å². The van der Waals surface area contributed by atoms with Crippen LogP contribution in [0.2, 0.25) is 0 Å². The molecule has 0 aliphatic carbocycles. The maximum atomic E-state index is 11.0. The van der Waals surface area contributed by atoms with Crippen LogP contribution in [0.15, 0.2) is 12.1 Å². The summed E-state index contributed by atoms with van der Waals surface area (Å²) in [6.07, 6.45) is -0.518. The highest BCUT2D eigenvalue weighted by Gasteiger charge is 2.11. The van der Waals surface area contributed by atoms with Gasteiger partial charge in [-0.2, -0.15) is 5.26 Å². The van der Waals surface area contributed by atoms with Crippen molar-refractivity contribution < 1.29 is 9.53 Å². The Balaban J connectivity index is 3.10. The van der Waals surface area contributed by atoms with Crippen LogP contribution in [0.1, 0.15) is 5.56 Å². The summed E-state index contributed by atoms with van der Waals surface area (Å²) in [5.41, 5.74) is 0.549. The molecule has 0 aliphatic rings. The van der Waals surface area contributed by atoms with Crippen LogP contribution in [0.25, 0.3) is 0 Å². The Morgan fingerprint density at radius 2 is 2.00 bits per heavy atom. The van der Waals surface area contributed by atoms with Gasteiger partial charge in [0.1, 0.15) is 0 Å². The first-order valence-corrected chi connectivity index (χ1v) is 6.03. The maximum absolute atomic E-state index is 11.0. The van der Waals surface area contributed by atoms with E-state index in [1.165, 1.54) is 7.05 Å². The van der Waals surface area contributed by atoms with Gasteiger partial charge in [-0.3, -0.25) is 0 Å². The lowest BCUT2D eigenvalue weighted by Crippen LogP contribution is -2.22. The molecule has 1 N–H and O–H groups in total. The molecule has 15 heavy (non-hydrogen) atoms. The van der Waals surface area contributed by atoms with E-state index in [9.17, 15) is 4.79 Å². The number of rotatable bonds is 1. The minimum Gasteiger partial charge on any atom is -0.408 e. The summed E-state index contributed by atoms with van der Waals surface area (Å²) in [7, 11) is 1.49. The molecule has 0 atom stereocenters. The monoisotopic (exact) mass is 428 g/mol. The van der Waals surface area contributed by atoms with Gasteiger partial charge in [-0.05, 0) is 57.3 Å². The second kappa shape index (κ2) is 5.50. The van der Waals surface area contributed by atoms with Gasteiger partial charge in [0.25, 0.3) is 0 Å². The Labute approximate surface area is 114 Å². The molecule has 0 aliphatic heterocycles. The Morgan fingerprint density at radius 1 is 1.47 bits per heavy atom. The number of carbonyl (C=O) groups excluding carboxylic acids is 1. The zero-order valence-corrected chi connectivity index (χ0v) is 12.0. The molecule has 6 heteroatoms. The number of nitriles is 1. The zero-order valence-electron chi connectivity index (χ0n) is 7.67. The molecule has 4 nitrogen and oxygen atoms in total. The number of nitrogens with one attached hydrogen (secondary N) is 1. The number of ether oxygens (including phenoxy) is 1. The highest BCUT2D eigenvalue weighted by atomic mass is 127. The smallest absolute Gasteiger partial charge is 0.408 e. The number of hydrogen-bond donors (Lipinski definition) is 1. The molecule has 0 aromatic heterocycles. The van der Waals surface area contributed by atoms with Crippen molar-refractivity contribution in [2.24, 2.45) is 0 Å². The summed E-state index contributed by atoms with van der Waals surface area (Å²) in [6, 6.07) is 5.37. The predicted octanol–water partition coefficient (Wildman–Crippen LogP) is 2.49. The van der Waals surface area contributed by atoms with Gasteiger partial charge in [-0.1, -0.05) is 0 Å². The summed E-state index contributed by atoms with van der Waals surface area (Å²) < 4.78 is 6.52. The molecule has 1 aromatic rings. The van der Waals surface area contributed by atoms with Gasteiger partial charge in [0.15, 0.2) is 5.75 Å². The minimum atomic E-state index is -0.518. The van der Waals surface area contributed by atoms with Gasteiger partial charge in [-0.25, -0.2) is 4.79 Å². The summed E-state index contributed by atoms with van der Waals surface area (Å²) in [5, 5.41) is 11.1. The molecule has 1 aromatic carbocycles. The number of carbonyl (C=O) groups is 1. The number of hydrogen-bond acceptors (Lipinski definition) is 3. The van der Waals surface area contributed by atoms with Crippen LogP contribution >= 0.6 is 45.2 Å². The fraction of sp³-hybridized carbons (Fsp3) is 0.111. The zero-order chi connectivity index (χ0) is 11.4. The molecule has 0 unspecified atom stereocenters. The van der Waals surface area contributed by atoms with Gasteiger partial charge in [0.2, 0.25) is 0 Å². The molecule has 1 amide bonds. The van der Waals surface area contributed by atoms with E-state index in [0.29, 0.717) is 11.3 Å². The van der Waals surface area contributed by atoms with Gasteiger partial charge >= 0.3 is 6.09 Å². The van der Waals surface area contributed by atoms with E-state index in [0.717, 1.165) is 7.14 Å². The van der Waals surface area contributed by atoms with E-state index in [4.69, 9.17) is 10.00 Å². The Bertz CT molecular complexity index is 417. The van der Waals surface area contributed by atoms with Crippen molar-refractivity contribution in [1.82, 2.24) is 5.32 Å². The van der Waals surface area contributed by atoms with E-state index in [1.54, 1.807) is 12.1 Å². The van der Waals surface area contributed by atoms with Crippen LogP contribution < -0.4 is 10.1 Å². The first-order valence-electron chi connectivity index (χ1n) is 3.87. The molecule has 0 radical (unpaired) electrons. The van der Waals surface area contributed by atoms with Crippen LogP contribution in [0.3, 0.4) is 0 Å². The average Bonchev–Trinajstić information content (AvgIpc) is 2.22. The average molecular weight is 428 g/mol. The fourth-order valence-electron chi connectivity index (χ4n) is 0.866. The SMILES string of the molecule is CNC(=O)Oc1c(I)cc(C#N)cc1I. The lowest BCUT2D eigenvalue weighted by Gasteiger charge is -2.08. The fourth-order valence-corrected chi connectivity index (χ4v) is 2.85. The summed E-state index contributed by atoms with van der Waals surface area (Å²) in [5.74, 6) is 0.481. The molecule has 0 saturated heterocycles. The van der Waals surface area contributed by atoms with Gasteiger partial charge in [-0.15, -0.1) is 0 Å². The first-order chi connectivity index (χ1) is 7.08.